The number of nitrogens with one attached hydrogen (secondary N) is 1. The van der Waals surface area contributed by atoms with E-state index in [0.717, 1.165) is 31.4 Å². The van der Waals surface area contributed by atoms with Gasteiger partial charge in [0, 0.05) is 24.2 Å². The number of benzene rings is 1. The van der Waals surface area contributed by atoms with Gasteiger partial charge in [-0.3, -0.25) is 0 Å². The van der Waals surface area contributed by atoms with Gasteiger partial charge in [0.05, 0.1) is 6.10 Å². The molecule has 1 fully saturated rings. The van der Waals surface area contributed by atoms with Crippen molar-refractivity contribution in [2.24, 2.45) is 5.92 Å². The molecule has 0 amide bonds. The van der Waals surface area contributed by atoms with E-state index in [1.165, 1.54) is 6.07 Å². The van der Waals surface area contributed by atoms with Crippen molar-refractivity contribution in [3.63, 3.8) is 0 Å². The van der Waals surface area contributed by atoms with Crippen LogP contribution in [0.5, 0.6) is 11.5 Å². The molecule has 4 heteroatoms. The van der Waals surface area contributed by atoms with Crippen LogP contribution >= 0.6 is 0 Å². The minimum Gasteiger partial charge on any atom is -0.508 e. The predicted octanol–water partition coefficient (Wildman–Crippen LogP) is 1.91. The monoisotopic (exact) mass is 251 g/mol. The highest BCUT2D eigenvalue weighted by Crippen LogP contribution is 2.29. The molecule has 4 N–H and O–H groups in total. The molecule has 3 unspecified atom stereocenters. The van der Waals surface area contributed by atoms with E-state index in [2.05, 4.69) is 5.32 Å². The van der Waals surface area contributed by atoms with Gasteiger partial charge in [0.1, 0.15) is 11.5 Å². The van der Waals surface area contributed by atoms with Gasteiger partial charge in [0.25, 0.3) is 0 Å². The lowest BCUT2D eigenvalue weighted by atomic mass is 10.0. The van der Waals surface area contributed by atoms with Gasteiger partial charge in [-0.1, -0.05) is 12.5 Å². The van der Waals surface area contributed by atoms with E-state index < -0.39 is 0 Å². The van der Waals surface area contributed by atoms with Crippen molar-refractivity contribution in [1.82, 2.24) is 5.32 Å². The minimum absolute atomic E-state index is 0.00148. The molecule has 100 valence electrons. The van der Waals surface area contributed by atoms with Crippen molar-refractivity contribution in [2.45, 2.75) is 38.3 Å². The van der Waals surface area contributed by atoms with Crippen LogP contribution in [0.3, 0.4) is 0 Å². The van der Waals surface area contributed by atoms with Crippen molar-refractivity contribution in [1.29, 1.82) is 0 Å². The van der Waals surface area contributed by atoms with E-state index >= 15 is 0 Å². The number of phenols is 2. The maximum atomic E-state index is 9.76. The number of aliphatic hydroxyl groups excluding tert-OH is 1. The lowest BCUT2D eigenvalue weighted by molar-refractivity contribution is 0.130. The van der Waals surface area contributed by atoms with E-state index in [-0.39, 0.29) is 23.6 Å². The largest absolute Gasteiger partial charge is 0.508 e. The molecule has 0 radical (unpaired) electrons. The topological polar surface area (TPSA) is 72.7 Å². The third-order valence-corrected chi connectivity index (χ3v) is 3.79. The van der Waals surface area contributed by atoms with Gasteiger partial charge >= 0.3 is 0 Å². The Morgan fingerprint density at radius 2 is 2.11 bits per heavy atom. The average molecular weight is 251 g/mol. The minimum atomic E-state index is -0.196. The number of hydrogen-bond acceptors (Lipinski definition) is 4. The second kappa shape index (κ2) is 5.59. The van der Waals surface area contributed by atoms with Crippen LogP contribution in [-0.2, 0) is 0 Å². The first-order chi connectivity index (χ1) is 8.58. The van der Waals surface area contributed by atoms with Crippen LogP contribution in [0.15, 0.2) is 18.2 Å². The van der Waals surface area contributed by atoms with Crippen LogP contribution in [0, 0.1) is 5.92 Å². The fourth-order valence-corrected chi connectivity index (χ4v) is 2.59. The molecule has 18 heavy (non-hydrogen) atoms. The fraction of sp³-hybridized carbons (Fsp3) is 0.571. The molecule has 0 saturated heterocycles. The molecule has 1 aliphatic rings. The molecule has 0 aromatic heterocycles. The zero-order valence-corrected chi connectivity index (χ0v) is 10.6. The summed E-state index contributed by atoms with van der Waals surface area (Å²) < 4.78 is 0. The van der Waals surface area contributed by atoms with E-state index in [1.54, 1.807) is 12.1 Å². The number of aliphatic hydroxyl groups is 1. The van der Waals surface area contributed by atoms with Gasteiger partial charge in [-0.2, -0.15) is 0 Å². The highest BCUT2D eigenvalue weighted by Gasteiger charge is 2.25. The second-order valence-corrected chi connectivity index (χ2v) is 5.13. The van der Waals surface area contributed by atoms with Gasteiger partial charge in [0.2, 0.25) is 0 Å². The molecule has 3 atom stereocenters. The Balaban J connectivity index is 1.93. The molecule has 1 aromatic carbocycles. The molecule has 0 heterocycles. The molecule has 1 aromatic rings. The third kappa shape index (κ3) is 2.94. The maximum absolute atomic E-state index is 9.76. The number of phenolic OH excluding ortho intramolecular Hbond substituents is 2. The van der Waals surface area contributed by atoms with Gasteiger partial charge in [-0.15, -0.1) is 0 Å². The Hall–Kier alpha value is -1.26. The van der Waals surface area contributed by atoms with Gasteiger partial charge in [0.15, 0.2) is 0 Å². The number of hydrogen-bond donors (Lipinski definition) is 4. The van der Waals surface area contributed by atoms with Crippen molar-refractivity contribution >= 4 is 0 Å². The summed E-state index contributed by atoms with van der Waals surface area (Å²) in [6.07, 6.45) is 2.85. The van der Waals surface area contributed by atoms with Crippen molar-refractivity contribution in [2.75, 3.05) is 6.54 Å². The van der Waals surface area contributed by atoms with Crippen molar-refractivity contribution in [3.05, 3.63) is 23.8 Å². The molecular formula is C14H21NO3. The lowest BCUT2D eigenvalue weighted by Gasteiger charge is -2.20. The number of rotatable bonds is 4. The zero-order valence-electron chi connectivity index (χ0n) is 10.6. The van der Waals surface area contributed by atoms with Crippen LogP contribution < -0.4 is 5.32 Å². The van der Waals surface area contributed by atoms with Crippen LogP contribution in [0.25, 0.3) is 0 Å². The van der Waals surface area contributed by atoms with Crippen LogP contribution in [-0.4, -0.2) is 28.0 Å². The van der Waals surface area contributed by atoms with E-state index in [4.69, 9.17) is 0 Å². The van der Waals surface area contributed by atoms with Crippen LogP contribution in [0.4, 0.5) is 0 Å². The summed E-state index contributed by atoms with van der Waals surface area (Å²) in [6.45, 7) is 2.72. The first kappa shape index (κ1) is 13.2. The third-order valence-electron chi connectivity index (χ3n) is 3.79. The lowest BCUT2D eigenvalue weighted by Crippen LogP contribution is -2.29. The Kier molecular flexibility index (Phi) is 4.09. The summed E-state index contributed by atoms with van der Waals surface area (Å²) >= 11 is 0. The van der Waals surface area contributed by atoms with Crippen molar-refractivity contribution in [3.8, 4) is 11.5 Å². The fourth-order valence-electron chi connectivity index (χ4n) is 2.59. The molecule has 1 saturated carbocycles. The maximum Gasteiger partial charge on any atom is 0.124 e. The molecular weight excluding hydrogens is 230 g/mol. The summed E-state index contributed by atoms with van der Waals surface area (Å²) in [5.41, 5.74) is 0.764. The molecule has 0 bridgehead atoms. The highest BCUT2D eigenvalue weighted by atomic mass is 16.3. The molecule has 1 aliphatic carbocycles. The Morgan fingerprint density at radius 1 is 1.33 bits per heavy atom. The standard InChI is InChI=1S/C14H21NO3/c1-9(12-6-5-11(16)7-14(12)18)15-8-10-3-2-4-13(10)17/h5-7,9-10,13,15-18H,2-4,8H2,1H3. The smallest absolute Gasteiger partial charge is 0.124 e. The van der Waals surface area contributed by atoms with Gasteiger partial charge in [-0.05, 0) is 31.7 Å². The molecule has 0 spiro atoms. The molecule has 2 rings (SSSR count). The summed E-state index contributed by atoms with van der Waals surface area (Å²) in [4.78, 5) is 0. The van der Waals surface area contributed by atoms with Gasteiger partial charge < -0.3 is 20.6 Å². The molecule has 4 nitrogen and oxygen atoms in total. The SMILES string of the molecule is CC(NCC1CCCC1O)c1ccc(O)cc1O. The Morgan fingerprint density at radius 3 is 2.72 bits per heavy atom. The zero-order chi connectivity index (χ0) is 13.1. The second-order valence-electron chi connectivity index (χ2n) is 5.13. The van der Waals surface area contributed by atoms with E-state index in [0.29, 0.717) is 5.92 Å². The van der Waals surface area contributed by atoms with Crippen LogP contribution in [0.2, 0.25) is 0 Å². The van der Waals surface area contributed by atoms with Gasteiger partial charge in [-0.25, -0.2) is 0 Å². The number of aromatic hydroxyl groups is 2. The normalized spacial score (nSPS) is 25.2. The first-order valence-corrected chi connectivity index (χ1v) is 6.51. The summed E-state index contributed by atoms with van der Waals surface area (Å²) in [5.74, 6) is 0.475. The van der Waals surface area contributed by atoms with E-state index in [9.17, 15) is 15.3 Å². The highest BCUT2D eigenvalue weighted by molar-refractivity contribution is 5.40. The quantitative estimate of drug-likeness (QED) is 0.659. The Labute approximate surface area is 107 Å². The summed E-state index contributed by atoms with van der Waals surface area (Å²) in [6, 6.07) is 4.63. The average Bonchev–Trinajstić information content (AvgIpc) is 2.72. The summed E-state index contributed by atoms with van der Waals surface area (Å²) in [5, 5.41) is 32.1. The van der Waals surface area contributed by atoms with Crippen LogP contribution in [0.1, 0.15) is 37.8 Å². The first-order valence-electron chi connectivity index (χ1n) is 6.51. The Bertz CT molecular complexity index is 408. The summed E-state index contributed by atoms with van der Waals surface area (Å²) in [7, 11) is 0. The molecule has 0 aliphatic heterocycles. The predicted molar refractivity (Wildman–Crippen MR) is 69.5 cm³/mol. The van der Waals surface area contributed by atoms with Crippen molar-refractivity contribution < 1.29 is 15.3 Å². The van der Waals surface area contributed by atoms with E-state index in [1.807, 2.05) is 6.92 Å².